The highest BCUT2D eigenvalue weighted by Gasteiger charge is 2.42. The van der Waals surface area contributed by atoms with E-state index in [9.17, 15) is 4.79 Å². The fraction of sp³-hybridized carbons (Fsp3) is 0.750. The van der Waals surface area contributed by atoms with Gasteiger partial charge < -0.3 is 14.5 Å². The van der Waals surface area contributed by atoms with Gasteiger partial charge in [-0.3, -0.25) is 4.79 Å². The van der Waals surface area contributed by atoms with Crippen molar-refractivity contribution < 1.29 is 9.53 Å². The number of aromatic nitrogens is 2. The Morgan fingerprint density at radius 2 is 2.15 bits per heavy atom. The molecule has 1 spiro atoms. The van der Waals surface area contributed by atoms with E-state index >= 15 is 0 Å². The zero-order valence-electron chi connectivity index (χ0n) is 16.4. The maximum atomic E-state index is 12.4. The van der Waals surface area contributed by atoms with Crippen LogP contribution < -0.4 is 4.90 Å². The fourth-order valence-electron chi connectivity index (χ4n) is 4.43. The van der Waals surface area contributed by atoms with Crippen molar-refractivity contribution in [2.75, 3.05) is 44.8 Å². The van der Waals surface area contributed by atoms with Gasteiger partial charge in [-0.05, 0) is 31.6 Å². The molecule has 0 bridgehead atoms. The number of carbonyl (C=O) groups excluding carboxylic acids is 1. The maximum absolute atomic E-state index is 12.4. The number of ether oxygens (including phenoxy) is 1. The van der Waals surface area contributed by atoms with E-state index in [1.54, 1.807) is 13.4 Å². The van der Waals surface area contributed by atoms with Crippen LogP contribution >= 0.6 is 0 Å². The first-order valence-corrected chi connectivity index (χ1v) is 9.86. The number of piperidine rings is 2. The summed E-state index contributed by atoms with van der Waals surface area (Å²) in [4.78, 5) is 25.7. The highest BCUT2D eigenvalue weighted by atomic mass is 16.5. The SMILES string of the molecule is COCCCN1C[C@]2(CCCN(c3ncncc3C(C)C)C2)CCC1=O. The molecule has 0 radical (unpaired) electrons. The van der Waals surface area contributed by atoms with Gasteiger partial charge in [0.2, 0.25) is 5.91 Å². The standard InChI is InChI=1S/C20H32N4O2/c1-16(2)17-12-21-15-22-19(17)24-9-4-7-20(14-24)8-6-18(25)23(13-20)10-5-11-26-3/h12,15-16H,4-11,13-14H2,1-3H3/t20-/m0/s1. The molecular weight excluding hydrogens is 328 g/mol. The molecule has 1 atom stereocenters. The zero-order valence-corrected chi connectivity index (χ0v) is 16.4. The highest BCUT2D eigenvalue weighted by molar-refractivity contribution is 5.77. The average molecular weight is 361 g/mol. The van der Waals surface area contributed by atoms with Crippen molar-refractivity contribution in [3.05, 3.63) is 18.1 Å². The van der Waals surface area contributed by atoms with Crippen LogP contribution in [0.3, 0.4) is 0 Å². The summed E-state index contributed by atoms with van der Waals surface area (Å²) in [5, 5.41) is 0. The second-order valence-corrected chi connectivity index (χ2v) is 8.14. The van der Waals surface area contributed by atoms with Crippen LogP contribution in [-0.2, 0) is 9.53 Å². The van der Waals surface area contributed by atoms with E-state index in [1.807, 2.05) is 6.20 Å². The van der Waals surface area contributed by atoms with Crippen LogP contribution in [0, 0.1) is 5.41 Å². The molecule has 3 rings (SSSR count). The van der Waals surface area contributed by atoms with Crippen LogP contribution in [0.1, 0.15) is 57.4 Å². The lowest BCUT2D eigenvalue weighted by atomic mass is 9.73. The summed E-state index contributed by atoms with van der Waals surface area (Å²) >= 11 is 0. The Morgan fingerprint density at radius 1 is 1.31 bits per heavy atom. The van der Waals surface area contributed by atoms with Crippen molar-refractivity contribution in [1.29, 1.82) is 0 Å². The lowest BCUT2D eigenvalue weighted by molar-refractivity contribution is -0.138. The van der Waals surface area contributed by atoms with E-state index in [1.165, 1.54) is 12.0 Å². The molecule has 0 aliphatic carbocycles. The molecule has 6 nitrogen and oxygen atoms in total. The van der Waals surface area contributed by atoms with Gasteiger partial charge in [0.25, 0.3) is 0 Å². The molecule has 0 N–H and O–H groups in total. The third kappa shape index (κ3) is 4.17. The third-order valence-corrected chi connectivity index (χ3v) is 5.83. The number of likely N-dealkylation sites (tertiary alicyclic amines) is 1. The lowest BCUT2D eigenvalue weighted by Crippen LogP contribution is -2.54. The van der Waals surface area contributed by atoms with Crippen molar-refractivity contribution in [3.8, 4) is 0 Å². The van der Waals surface area contributed by atoms with Gasteiger partial charge in [0.15, 0.2) is 0 Å². The normalized spacial score (nSPS) is 23.9. The molecule has 0 saturated carbocycles. The molecule has 1 aromatic heterocycles. The summed E-state index contributed by atoms with van der Waals surface area (Å²) in [5.41, 5.74) is 1.41. The van der Waals surface area contributed by atoms with Crippen LogP contribution in [0.2, 0.25) is 0 Å². The Bertz CT molecular complexity index is 622. The van der Waals surface area contributed by atoms with E-state index in [2.05, 4.69) is 33.6 Å². The second kappa shape index (κ2) is 8.33. The van der Waals surface area contributed by atoms with Gasteiger partial charge in [-0.15, -0.1) is 0 Å². The number of amides is 1. The molecule has 2 saturated heterocycles. The van der Waals surface area contributed by atoms with E-state index in [4.69, 9.17) is 4.74 Å². The Morgan fingerprint density at radius 3 is 2.92 bits per heavy atom. The molecule has 2 aliphatic rings. The van der Waals surface area contributed by atoms with Crippen LogP contribution in [-0.4, -0.2) is 60.7 Å². The summed E-state index contributed by atoms with van der Waals surface area (Å²) in [6.07, 6.45) is 8.53. The number of anilines is 1. The number of nitrogens with zero attached hydrogens (tertiary/aromatic N) is 4. The molecule has 2 fully saturated rings. The Hall–Kier alpha value is -1.69. The van der Waals surface area contributed by atoms with E-state index < -0.39 is 0 Å². The first kappa shape index (κ1) is 19.1. The molecular formula is C20H32N4O2. The van der Waals surface area contributed by atoms with Crippen molar-refractivity contribution in [3.63, 3.8) is 0 Å². The Labute approximate surface area is 156 Å². The van der Waals surface area contributed by atoms with E-state index in [0.29, 0.717) is 24.9 Å². The fourth-order valence-corrected chi connectivity index (χ4v) is 4.43. The van der Waals surface area contributed by atoms with Gasteiger partial charge in [-0.2, -0.15) is 0 Å². The predicted molar refractivity (Wildman–Crippen MR) is 102 cm³/mol. The molecule has 26 heavy (non-hydrogen) atoms. The van der Waals surface area contributed by atoms with Gasteiger partial charge in [-0.1, -0.05) is 13.8 Å². The minimum absolute atomic E-state index is 0.193. The molecule has 144 valence electrons. The van der Waals surface area contributed by atoms with Gasteiger partial charge in [-0.25, -0.2) is 9.97 Å². The minimum Gasteiger partial charge on any atom is -0.385 e. The van der Waals surface area contributed by atoms with Gasteiger partial charge in [0, 0.05) is 63.5 Å². The van der Waals surface area contributed by atoms with Crippen LogP contribution in [0.15, 0.2) is 12.5 Å². The van der Waals surface area contributed by atoms with Crippen molar-refractivity contribution in [1.82, 2.24) is 14.9 Å². The number of methoxy groups -OCH3 is 1. The summed E-state index contributed by atoms with van der Waals surface area (Å²) in [5.74, 6) is 1.79. The summed E-state index contributed by atoms with van der Waals surface area (Å²) < 4.78 is 5.16. The predicted octanol–water partition coefficient (Wildman–Crippen LogP) is 2.85. The zero-order chi connectivity index (χ0) is 18.6. The van der Waals surface area contributed by atoms with E-state index in [-0.39, 0.29) is 5.41 Å². The molecule has 0 aromatic carbocycles. The minimum atomic E-state index is 0.193. The molecule has 0 unspecified atom stereocenters. The highest BCUT2D eigenvalue weighted by Crippen LogP contribution is 2.40. The van der Waals surface area contributed by atoms with Gasteiger partial charge in [0.05, 0.1) is 0 Å². The van der Waals surface area contributed by atoms with Crippen molar-refractivity contribution in [2.24, 2.45) is 5.41 Å². The second-order valence-electron chi connectivity index (χ2n) is 8.14. The van der Waals surface area contributed by atoms with Crippen LogP contribution in [0.5, 0.6) is 0 Å². The number of carbonyl (C=O) groups is 1. The number of hydrogen-bond donors (Lipinski definition) is 0. The molecule has 2 aliphatic heterocycles. The first-order valence-electron chi connectivity index (χ1n) is 9.86. The largest absolute Gasteiger partial charge is 0.385 e. The summed E-state index contributed by atoms with van der Waals surface area (Å²) in [7, 11) is 1.71. The number of hydrogen-bond acceptors (Lipinski definition) is 5. The van der Waals surface area contributed by atoms with Gasteiger partial charge in [0.1, 0.15) is 12.1 Å². The van der Waals surface area contributed by atoms with Crippen LogP contribution in [0.4, 0.5) is 5.82 Å². The van der Waals surface area contributed by atoms with E-state index in [0.717, 1.165) is 51.3 Å². The van der Waals surface area contributed by atoms with Crippen molar-refractivity contribution >= 4 is 11.7 Å². The quantitative estimate of drug-likeness (QED) is 0.730. The monoisotopic (exact) mass is 360 g/mol. The number of rotatable bonds is 6. The maximum Gasteiger partial charge on any atom is 0.222 e. The third-order valence-electron chi connectivity index (χ3n) is 5.83. The Balaban J connectivity index is 1.74. The van der Waals surface area contributed by atoms with Gasteiger partial charge >= 0.3 is 0 Å². The molecule has 3 heterocycles. The first-order chi connectivity index (χ1) is 12.5. The lowest BCUT2D eigenvalue weighted by Gasteiger charge is -2.49. The summed E-state index contributed by atoms with van der Waals surface area (Å²) in [6.45, 7) is 8.79. The Kier molecular flexibility index (Phi) is 6.12. The molecule has 1 amide bonds. The smallest absolute Gasteiger partial charge is 0.222 e. The molecule has 6 heteroatoms. The topological polar surface area (TPSA) is 58.6 Å². The molecule has 1 aromatic rings. The van der Waals surface area contributed by atoms with Crippen LogP contribution in [0.25, 0.3) is 0 Å². The summed E-state index contributed by atoms with van der Waals surface area (Å²) in [6, 6.07) is 0. The average Bonchev–Trinajstić information content (AvgIpc) is 2.65. The van der Waals surface area contributed by atoms with Crippen molar-refractivity contribution in [2.45, 2.75) is 51.9 Å².